The van der Waals surface area contributed by atoms with Gasteiger partial charge in [-0.05, 0) is 73.2 Å². The van der Waals surface area contributed by atoms with Crippen molar-refractivity contribution in [3.05, 3.63) is 96.1 Å². The molecular weight excluding hydrogens is 727 g/mol. The number of benzene rings is 3. The Kier molecular flexibility index (Phi) is 9.00. The smallest absolute Gasteiger partial charge is 0.262 e. The van der Waals surface area contributed by atoms with Gasteiger partial charge in [-0.2, -0.15) is 4.98 Å². The number of pyridine rings is 1. The molecule has 3 N–H and O–H groups in total. The summed E-state index contributed by atoms with van der Waals surface area (Å²) in [6.45, 7) is 2.29. The van der Waals surface area contributed by atoms with E-state index in [-0.39, 0.29) is 41.3 Å². The van der Waals surface area contributed by atoms with Gasteiger partial charge in [-0.25, -0.2) is 12.9 Å². The van der Waals surface area contributed by atoms with E-state index >= 15 is 0 Å². The van der Waals surface area contributed by atoms with Crippen molar-refractivity contribution in [1.29, 1.82) is 0 Å². The third-order valence-corrected chi connectivity index (χ3v) is 11.1. The van der Waals surface area contributed by atoms with Crippen LogP contribution in [0.1, 0.15) is 33.6 Å². The summed E-state index contributed by atoms with van der Waals surface area (Å²) in [7, 11) is -3.31. The van der Waals surface area contributed by atoms with Crippen LogP contribution in [-0.2, 0) is 24.2 Å². The molecule has 1 unspecified atom stereocenters. The van der Waals surface area contributed by atoms with Gasteiger partial charge in [0.15, 0.2) is 15.5 Å². The van der Waals surface area contributed by atoms with Gasteiger partial charge in [0.2, 0.25) is 23.7 Å². The number of piperidine rings is 1. The Morgan fingerprint density at radius 2 is 1.56 bits per heavy atom. The normalized spacial score (nSPS) is 17.4. The number of nitrogens with zero attached hydrogens (tertiary/aromatic N) is 6. The van der Waals surface area contributed by atoms with Crippen LogP contribution in [0.25, 0.3) is 16.9 Å². The lowest BCUT2D eigenvalue weighted by molar-refractivity contribution is -0.136. The molecule has 0 aliphatic carbocycles. The van der Waals surface area contributed by atoms with Crippen LogP contribution in [0, 0.1) is 0 Å². The lowest BCUT2D eigenvalue weighted by Crippen LogP contribution is -2.54. The minimum atomic E-state index is -3.31. The summed E-state index contributed by atoms with van der Waals surface area (Å²) in [6.07, 6.45) is 1.29. The monoisotopic (exact) mass is 761 g/mol. The number of carbonyl (C=O) groups is 5. The molecule has 2 fully saturated rings. The third kappa shape index (κ3) is 6.96. The quantitative estimate of drug-likeness (QED) is 0.186. The van der Waals surface area contributed by atoms with Crippen LogP contribution < -0.4 is 20.9 Å². The molecule has 3 aliphatic rings. The van der Waals surface area contributed by atoms with Gasteiger partial charge in [-0.1, -0.05) is 18.2 Å². The van der Waals surface area contributed by atoms with Gasteiger partial charge in [0.05, 0.1) is 28.3 Å². The SMILES string of the molecule is CS(=O)(=O)c1ccc(-c2cccc3nc(Nc4ccc(N5CCN(C(=O)CNc6ccc7c(c6)C(=O)N(C6CCC(=O)NC6=O)C7=O)CC5)cc4)nn23)cc1. The molecule has 3 aromatic carbocycles. The van der Waals surface area contributed by atoms with E-state index in [4.69, 9.17) is 0 Å². The summed E-state index contributed by atoms with van der Waals surface area (Å²) in [5, 5.41) is 13.1. The molecule has 2 aromatic heterocycles. The van der Waals surface area contributed by atoms with Crippen LogP contribution in [0.5, 0.6) is 0 Å². The Morgan fingerprint density at radius 3 is 2.27 bits per heavy atom. The number of fused-ring (bicyclic) bond motifs is 2. The van der Waals surface area contributed by atoms with Crippen molar-refractivity contribution in [1.82, 2.24) is 29.7 Å². The lowest BCUT2D eigenvalue weighted by atomic mass is 10.0. The second kappa shape index (κ2) is 14.0. The first-order valence-electron chi connectivity index (χ1n) is 17.6. The number of anilines is 4. The standard InChI is InChI=1S/C38H35N9O7S/c1-55(53,54)27-12-5-23(6-13-27)30-3-2-4-32-41-38(43-47(30)32)40-24-7-10-26(11-8-24)44-17-19-45(20-18-44)34(49)22-39-25-9-14-28-29(21-25)37(52)46(36(28)51)31-15-16-33(48)42-35(31)50/h2-14,21,31,39H,15-20,22H2,1H3,(H,40,43)(H,42,48,50). The largest absolute Gasteiger partial charge is 0.376 e. The molecule has 280 valence electrons. The number of sulfone groups is 1. The van der Waals surface area contributed by atoms with Crippen molar-refractivity contribution < 1.29 is 32.4 Å². The molecule has 5 aromatic rings. The maximum absolute atomic E-state index is 13.1. The molecule has 17 heteroatoms. The number of amides is 5. The van der Waals surface area contributed by atoms with E-state index < -0.39 is 39.5 Å². The van der Waals surface area contributed by atoms with E-state index in [9.17, 15) is 32.4 Å². The molecule has 1 atom stereocenters. The Hall–Kier alpha value is -6.62. The number of imide groups is 2. The highest BCUT2D eigenvalue weighted by Crippen LogP contribution is 2.30. The van der Waals surface area contributed by atoms with Crippen molar-refractivity contribution in [2.24, 2.45) is 0 Å². The highest BCUT2D eigenvalue weighted by atomic mass is 32.2. The number of nitrogens with one attached hydrogen (secondary N) is 3. The molecule has 0 radical (unpaired) electrons. The van der Waals surface area contributed by atoms with E-state index in [0.29, 0.717) is 43.5 Å². The molecule has 3 aliphatic heterocycles. The van der Waals surface area contributed by atoms with Crippen LogP contribution in [0.3, 0.4) is 0 Å². The van der Waals surface area contributed by atoms with Gasteiger partial charge in [0.25, 0.3) is 11.8 Å². The highest BCUT2D eigenvalue weighted by molar-refractivity contribution is 7.90. The van der Waals surface area contributed by atoms with Crippen LogP contribution in [-0.4, -0.2) is 107 Å². The Labute approximate surface area is 315 Å². The Balaban J connectivity index is 0.842. The van der Waals surface area contributed by atoms with Crippen molar-refractivity contribution in [2.45, 2.75) is 23.8 Å². The second-order valence-corrected chi connectivity index (χ2v) is 15.5. The van der Waals surface area contributed by atoms with E-state index in [1.165, 1.54) is 18.4 Å². The Bertz CT molecular complexity index is 2490. The van der Waals surface area contributed by atoms with Gasteiger partial charge in [0, 0.05) is 61.5 Å². The van der Waals surface area contributed by atoms with Gasteiger partial charge < -0.3 is 20.4 Å². The van der Waals surface area contributed by atoms with E-state index in [1.807, 2.05) is 42.5 Å². The van der Waals surface area contributed by atoms with Gasteiger partial charge >= 0.3 is 0 Å². The average molecular weight is 762 g/mol. The molecule has 0 spiro atoms. The topological polar surface area (TPSA) is 195 Å². The number of piperazine rings is 1. The van der Waals surface area contributed by atoms with Gasteiger partial charge in [0.1, 0.15) is 6.04 Å². The summed E-state index contributed by atoms with van der Waals surface area (Å²) >= 11 is 0. The number of rotatable bonds is 9. The highest BCUT2D eigenvalue weighted by Gasteiger charge is 2.44. The first-order valence-corrected chi connectivity index (χ1v) is 19.5. The summed E-state index contributed by atoms with van der Waals surface area (Å²) in [6, 6.07) is 23.7. The van der Waals surface area contributed by atoms with Crippen LogP contribution in [0.2, 0.25) is 0 Å². The zero-order chi connectivity index (χ0) is 38.4. The first kappa shape index (κ1) is 35.4. The number of hydrogen-bond acceptors (Lipinski definition) is 12. The number of carbonyl (C=O) groups excluding carboxylic acids is 5. The fourth-order valence-corrected chi connectivity index (χ4v) is 7.65. The maximum Gasteiger partial charge on any atom is 0.262 e. The van der Waals surface area contributed by atoms with Crippen molar-refractivity contribution in [2.75, 3.05) is 54.5 Å². The molecule has 0 bridgehead atoms. The zero-order valence-electron chi connectivity index (χ0n) is 29.6. The zero-order valence-corrected chi connectivity index (χ0v) is 30.4. The molecule has 5 amide bonds. The minimum Gasteiger partial charge on any atom is -0.376 e. The fraction of sp³-hybridized carbons (Fsp3) is 0.237. The van der Waals surface area contributed by atoms with Crippen molar-refractivity contribution >= 4 is 68.0 Å². The van der Waals surface area contributed by atoms with Crippen LogP contribution in [0.4, 0.5) is 23.0 Å². The molecular formula is C38H35N9O7S. The molecule has 5 heterocycles. The van der Waals surface area contributed by atoms with E-state index in [2.05, 4.69) is 30.9 Å². The van der Waals surface area contributed by atoms with Crippen LogP contribution in [0.15, 0.2) is 89.8 Å². The van der Waals surface area contributed by atoms with Crippen molar-refractivity contribution in [3.8, 4) is 11.3 Å². The summed E-state index contributed by atoms with van der Waals surface area (Å²) < 4.78 is 25.5. The fourth-order valence-electron chi connectivity index (χ4n) is 7.02. The molecule has 0 saturated carbocycles. The summed E-state index contributed by atoms with van der Waals surface area (Å²) in [5.41, 5.74) is 4.79. The van der Waals surface area contributed by atoms with Crippen LogP contribution >= 0.6 is 0 Å². The average Bonchev–Trinajstić information content (AvgIpc) is 3.70. The first-order chi connectivity index (χ1) is 26.4. The Morgan fingerprint density at radius 1 is 0.855 bits per heavy atom. The van der Waals surface area contributed by atoms with Crippen molar-refractivity contribution in [3.63, 3.8) is 0 Å². The predicted octanol–water partition coefficient (Wildman–Crippen LogP) is 2.71. The number of hydrogen-bond donors (Lipinski definition) is 3. The molecule has 8 rings (SSSR count). The third-order valence-electron chi connectivity index (χ3n) is 9.94. The molecule has 2 saturated heterocycles. The molecule has 16 nitrogen and oxygen atoms in total. The second-order valence-electron chi connectivity index (χ2n) is 13.5. The maximum atomic E-state index is 13.1. The molecule has 55 heavy (non-hydrogen) atoms. The van der Waals surface area contributed by atoms with Gasteiger partial charge in [-0.15, -0.1) is 5.10 Å². The van der Waals surface area contributed by atoms with Gasteiger partial charge in [-0.3, -0.25) is 34.2 Å². The lowest BCUT2D eigenvalue weighted by Gasteiger charge is -2.36. The summed E-state index contributed by atoms with van der Waals surface area (Å²) in [4.78, 5) is 72.9. The minimum absolute atomic E-state index is 0.00774. The number of aromatic nitrogens is 3. The predicted molar refractivity (Wildman–Crippen MR) is 202 cm³/mol. The van der Waals surface area contributed by atoms with E-state index in [0.717, 1.165) is 27.5 Å². The summed E-state index contributed by atoms with van der Waals surface area (Å²) in [5.74, 6) is -2.01. The van der Waals surface area contributed by atoms with E-state index in [1.54, 1.807) is 39.7 Å².